The van der Waals surface area contributed by atoms with Crippen molar-refractivity contribution in [3.05, 3.63) is 53.6 Å². The monoisotopic (exact) mass is 380 g/mol. The van der Waals surface area contributed by atoms with Gasteiger partial charge in [-0.2, -0.15) is 0 Å². The van der Waals surface area contributed by atoms with Crippen molar-refractivity contribution in [1.82, 2.24) is 9.55 Å². The first kappa shape index (κ1) is 16.3. The van der Waals surface area contributed by atoms with Gasteiger partial charge in [0.05, 0.1) is 17.5 Å². The maximum Gasteiger partial charge on any atom is 0.253 e. The van der Waals surface area contributed by atoms with Gasteiger partial charge in [0.2, 0.25) is 11.9 Å². The summed E-state index contributed by atoms with van der Waals surface area (Å²) in [6.07, 6.45) is 2.02. The molecule has 27 heavy (non-hydrogen) atoms. The molecule has 1 aliphatic carbocycles. The zero-order valence-corrected chi connectivity index (χ0v) is 15.2. The molecule has 0 radical (unpaired) electrons. The summed E-state index contributed by atoms with van der Waals surface area (Å²) in [4.78, 5) is 32.1. The van der Waals surface area contributed by atoms with Crippen molar-refractivity contribution in [2.24, 2.45) is 0 Å². The molecule has 1 atom stereocenters. The van der Waals surface area contributed by atoms with Crippen LogP contribution in [0.25, 0.3) is 11.0 Å². The number of benzene rings is 2. The number of para-hydroxylation sites is 2. The van der Waals surface area contributed by atoms with Gasteiger partial charge in [-0.25, -0.2) is 4.98 Å². The second-order valence-corrected chi connectivity index (χ2v) is 7.42. The molecular weight excluding hydrogens is 364 g/mol. The summed E-state index contributed by atoms with van der Waals surface area (Å²) in [5.41, 5.74) is 2.34. The van der Waals surface area contributed by atoms with Gasteiger partial charge in [0.15, 0.2) is 0 Å². The first-order valence-corrected chi connectivity index (χ1v) is 9.35. The predicted molar refractivity (Wildman–Crippen MR) is 104 cm³/mol. The zero-order valence-electron chi connectivity index (χ0n) is 14.4. The minimum atomic E-state index is -0.577. The Morgan fingerprint density at radius 1 is 1.19 bits per heavy atom. The van der Waals surface area contributed by atoms with Crippen molar-refractivity contribution in [2.75, 3.05) is 10.2 Å². The van der Waals surface area contributed by atoms with Crippen LogP contribution < -0.4 is 10.2 Å². The van der Waals surface area contributed by atoms with Gasteiger partial charge in [-0.1, -0.05) is 29.8 Å². The smallest absolute Gasteiger partial charge is 0.253 e. The van der Waals surface area contributed by atoms with E-state index in [1.807, 2.05) is 28.8 Å². The van der Waals surface area contributed by atoms with Gasteiger partial charge in [-0.3, -0.25) is 19.1 Å². The highest BCUT2D eigenvalue weighted by molar-refractivity contribution is 6.30. The van der Waals surface area contributed by atoms with Crippen molar-refractivity contribution in [3.63, 3.8) is 0 Å². The number of carbonyl (C=O) groups excluding carboxylic acids is 2. The fourth-order valence-corrected chi connectivity index (χ4v) is 3.88. The lowest BCUT2D eigenvalue weighted by Gasteiger charge is -2.15. The van der Waals surface area contributed by atoms with E-state index in [4.69, 9.17) is 11.6 Å². The van der Waals surface area contributed by atoms with Crippen LogP contribution in [-0.4, -0.2) is 27.4 Å². The Labute approximate surface area is 160 Å². The molecule has 5 rings (SSSR count). The Morgan fingerprint density at radius 2 is 2.00 bits per heavy atom. The highest BCUT2D eigenvalue weighted by atomic mass is 35.5. The van der Waals surface area contributed by atoms with Gasteiger partial charge in [0.25, 0.3) is 5.91 Å². The molecule has 0 bridgehead atoms. The molecule has 7 heteroatoms. The first-order valence-electron chi connectivity index (χ1n) is 8.97. The highest BCUT2D eigenvalue weighted by Crippen LogP contribution is 2.42. The van der Waals surface area contributed by atoms with Crippen LogP contribution >= 0.6 is 11.6 Å². The summed E-state index contributed by atoms with van der Waals surface area (Å²) < 4.78 is 1.91. The summed E-state index contributed by atoms with van der Waals surface area (Å²) in [5, 5.41) is 3.38. The van der Waals surface area contributed by atoms with Crippen LogP contribution in [0.4, 0.5) is 11.6 Å². The Bertz CT molecular complexity index is 1070. The molecule has 1 aromatic heterocycles. The fourth-order valence-electron chi connectivity index (χ4n) is 3.69. The molecule has 1 unspecified atom stereocenters. The number of fused-ring (bicyclic) bond motifs is 3. The average Bonchev–Trinajstić information content (AvgIpc) is 3.34. The third-order valence-corrected chi connectivity index (χ3v) is 5.26. The van der Waals surface area contributed by atoms with E-state index in [0.717, 1.165) is 23.9 Å². The number of imidazole rings is 1. The summed E-state index contributed by atoms with van der Waals surface area (Å²) >= 11 is 5.98. The van der Waals surface area contributed by atoms with E-state index in [2.05, 4.69) is 10.3 Å². The molecular formula is C20H17ClN4O2. The van der Waals surface area contributed by atoms with Gasteiger partial charge >= 0.3 is 0 Å². The second-order valence-electron chi connectivity index (χ2n) is 6.99. The standard InChI is InChI=1S/C20H17ClN4O2/c21-12-4-3-5-13(10-12)22-18(26)11-17-19(27)24(14-8-9-14)20-23-15-6-1-2-7-16(15)25(17)20/h1-7,10,14,17H,8-9,11H2,(H,22,26). The van der Waals surface area contributed by atoms with Crippen LogP contribution in [0.5, 0.6) is 0 Å². The molecule has 0 saturated heterocycles. The number of hydrogen-bond donors (Lipinski definition) is 1. The zero-order chi connectivity index (χ0) is 18.5. The minimum absolute atomic E-state index is 0.0491. The van der Waals surface area contributed by atoms with Gasteiger partial charge < -0.3 is 5.32 Å². The molecule has 6 nitrogen and oxygen atoms in total. The van der Waals surface area contributed by atoms with E-state index in [1.54, 1.807) is 29.2 Å². The number of carbonyl (C=O) groups is 2. The van der Waals surface area contributed by atoms with E-state index in [9.17, 15) is 9.59 Å². The van der Waals surface area contributed by atoms with Crippen LogP contribution in [-0.2, 0) is 9.59 Å². The number of aromatic nitrogens is 2. The minimum Gasteiger partial charge on any atom is -0.326 e. The lowest BCUT2D eigenvalue weighted by atomic mass is 10.1. The molecule has 1 fully saturated rings. The predicted octanol–water partition coefficient (Wildman–Crippen LogP) is 3.77. The molecule has 1 saturated carbocycles. The Morgan fingerprint density at radius 3 is 2.78 bits per heavy atom. The number of halogens is 1. The number of nitrogens with one attached hydrogen (secondary N) is 1. The van der Waals surface area contributed by atoms with Crippen molar-refractivity contribution in [2.45, 2.75) is 31.3 Å². The molecule has 2 aromatic carbocycles. The average molecular weight is 381 g/mol. The SMILES string of the molecule is O=C(CC1C(=O)N(C2CC2)c2nc3ccccc3n21)Nc1cccc(Cl)c1. The normalized spacial score (nSPS) is 18.8. The van der Waals surface area contributed by atoms with Crippen LogP contribution in [0, 0.1) is 0 Å². The Hall–Kier alpha value is -2.86. The van der Waals surface area contributed by atoms with Gasteiger partial charge in [-0.05, 0) is 43.2 Å². The molecule has 136 valence electrons. The van der Waals surface area contributed by atoms with Crippen LogP contribution in [0.3, 0.4) is 0 Å². The van der Waals surface area contributed by atoms with Crippen molar-refractivity contribution < 1.29 is 9.59 Å². The van der Waals surface area contributed by atoms with Crippen molar-refractivity contribution in [1.29, 1.82) is 0 Å². The third kappa shape index (κ3) is 2.77. The molecule has 1 aliphatic heterocycles. The number of nitrogens with zero attached hydrogens (tertiary/aromatic N) is 3. The van der Waals surface area contributed by atoms with Gasteiger partial charge in [0.1, 0.15) is 6.04 Å². The molecule has 3 aromatic rings. The van der Waals surface area contributed by atoms with E-state index in [0.29, 0.717) is 16.7 Å². The fraction of sp³-hybridized carbons (Fsp3) is 0.250. The quantitative estimate of drug-likeness (QED) is 0.749. The van der Waals surface area contributed by atoms with Gasteiger partial charge in [0, 0.05) is 16.8 Å². The summed E-state index contributed by atoms with van der Waals surface area (Å²) in [7, 11) is 0. The Kier molecular flexibility index (Phi) is 3.68. The summed E-state index contributed by atoms with van der Waals surface area (Å²) in [6, 6.07) is 14.3. The van der Waals surface area contributed by atoms with Crippen LogP contribution in [0.1, 0.15) is 25.3 Å². The number of amides is 2. The molecule has 2 heterocycles. The van der Waals surface area contributed by atoms with Crippen LogP contribution in [0.15, 0.2) is 48.5 Å². The van der Waals surface area contributed by atoms with E-state index < -0.39 is 6.04 Å². The number of hydrogen-bond acceptors (Lipinski definition) is 3. The largest absolute Gasteiger partial charge is 0.326 e. The van der Waals surface area contributed by atoms with Crippen molar-refractivity contribution in [3.8, 4) is 0 Å². The lowest BCUT2D eigenvalue weighted by Crippen LogP contribution is -2.33. The summed E-state index contributed by atoms with van der Waals surface area (Å²) in [6.45, 7) is 0. The molecule has 0 spiro atoms. The molecule has 1 N–H and O–H groups in total. The van der Waals surface area contributed by atoms with Gasteiger partial charge in [-0.15, -0.1) is 0 Å². The molecule has 2 aliphatic rings. The maximum absolute atomic E-state index is 13.1. The topological polar surface area (TPSA) is 67.2 Å². The van der Waals surface area contributed by atoms with E-state index >= 15 is 0 Å². The van der Waals surface area contributed by atoms with E-state index in [-0.39, 0.29) is 24.3 Å². The maximum atomic E-state index is 13.1. The van der Waals surface area contributed by atoms with Crippen molar-refractivity contribution >= 4 is 46.1 Å². The lowest BCUT2D eigenvalue weighted by molar-refractivity contribution is -0.124. The second kappa shape index (κ2) is 6.09. The third-order valence-electron chi connectivity index (χ3n) is 5.03. The van der Waals surface area contributed by atoms with Crippen LogP contribution in [0.2, 0.25) is 5.02 Å². The molecule has 2 amide bonds. The highest BCUT2D eigenvalue weighted by Gasteiger charge is 2.47. The van der Waals surface area contributed by atoms with E-state index in [1.165, 1.54) is 0 Å². The summed E-state index contributed by atoms with van der Waals surface area (Å²) in [5.74, 6) is 0.383. The number of rotatable bonds is 4. The number of anilines is 2. The first-order chi connectivity index (χ1) is 13.1. The Balaban J connectivity index is 1.47.